The van der Waals surface area contributed by atoms with E-state index in [2.05, 4.69) is 41.9 Å². The highest BCUT2D eigenvalue weighted by molar-refractivity contribution is 7.20. The van der Waals surface area contributed by atoms with Crippen LogP contribution >= 0.6 is 34.3 Å². The van der Waals surface area contributed by atoms with E-state index in [1.54, 1.807) is 22.7 Å². The second kappa shape index (κ2) is 7.08. The van der Waals surface area contributed by atoms with Crippen LogP contribution in [0.5, 0.6) is 0 Å². The summed E-state index contributed by atoms with van der Waals surface area (Å²) in [6.07, 6.45) is 1.05. The molecule has 0 aliphatic carbocycles. The topological polar surface area (TPSA) is 25.8 Å². The number of aromatic nitrogens is 2. The third-order valence-corrected chi connectivity index (χ3v) is 6.03. The van der Waals surface area contributed by atoms with E-state index in [0.717, 1.165) is 44.0 Å². The molecule has 0 saturated heterocycles. The lowest BCUT2D eigenvalue weighted by Gasteiger charge is -1.99. The van der Waals surface area contributed by atoms with Crippen LogP contribution < -0.4 is 0 Å². The molecule has 124 valence electrons. The Hall–Kier alpha value is -2.01. The van der Waals surface area contributed by atoms with Crippen LogP contribution in [0.4, 0.5) is 0 Å². The summed E-state index contributed by atoms with van der Waals surface area (Å²) in [5.41, 5.74) is 5.45. The van der Waals surface area contributed by atoms with Gasteiger partial charge in [-0.2, -0.15) is 0 Å². The van der Waals surface area contributed by atoms with Crippen molar-refractivity contribution in [3.05, 3.63) is 69.9 Å². The average Bonchev–Trinajstić information content (AvgIpc) is 3.31. The molecule has 2 aromatic carbocycles. The number of thiazole rings is 2. The first-order valence-corrected chi connectivity index (χ1v) is 10.1. The van der Waals surface area contributed by atoms with E-state index in [1.807, 2.05) is 24.3 Å². The quantitative estimate of drug-likeness (QED) is 0.387. The van der Waals surface area contributed by atoms with Crippen LogP contribution in [-0.4, -0.2) is 9.97 Å². The molecule has 5 heteroatoms. The van der Waals surface area contributed by atoms with Crippen molar-refractivity contribution in [3.63, 3.8) is 0 Å². The average molecular weight is 383 g/mol. The minimum Gasteiger partial charge on any atom is -0.233 e. The summed E-state index contributed by atoms with van der Waals surface area (Å²) >= 11 is 9.32. The molecule has 2 nitrogen and oxygen atoms in total. The van der Waals surface area contributed by atoms with Gasteiger partial charge in [0.1, 0.15) is 0 Å². The van der Waals surface area contributed by atoms with E-state index in [1.165, 1.54) is 5.56 Å². The van der Waals surface area contributed by atoms with Crippen LogP contribution in [0.2, 0.25) is 5.02 Å². The number of hydrogen-bond donors (Lipinski definition) is 0. The molecule has 2 aromatic heterocycles. The van der Waals surface area contributed by atoms with E-state index >= 15 is 0 Å². The van der Waals surface area contributed by atoms with Crippen LogP contribution in [0.1, 0.15) is 12.5 Å². The Morgan fingerprint density at radius 3 is 2.08 bits per heavy atom. The normalized spacial score (nSPS) is 11.0. The number of rotatable bonds is 4. The lowest BCUT2D eigenvalue weighted by Crippen LogP contribution is -1.82. The molecule has 4 aromatic rings. The van der Waals surface area contributed by atoms with Crippen molar-refractivity contribution in [3.8, 4) is 32.5 Å². The van der Waals surface area contributed by atoms with Crippen LogP contribution in [0.15, 0.2) is 59.3 Å². The zero-order chi connectivity index (χ0) is 17.2. The smallest absolute Gasteiger partial charge is 0.152 e. The zero-order valence-corrected chi connectivity index (χ0v) is 16.0. The Labute approximate surface area is 159 Å². The Morgan fingerprint density at radius 2 is 1.48 bits per heavy atom. The van der Waals surface area contributed by atoms with Crippen molar-refractivity contribution < 1.29 is 0 Å². The maximum absolute atomic E-state index is 6.08. The Bertz CT molecular complexity index is 1000. The summed E-state index contributed by atoms with van der Waals surface area (Å²) in [5.74, 6) is 0. The second-order valence-electron chi connectivity index (χ2n) is 5.64. The van der Waals surface area contributed by atoms with Gasteiger partial charge in [-0.15, -0.1) is 22.7 Å². The summed E-state index contributed by atoms with van der Waals surface area (Å²) in [7, 11) is 0. The van der Waals surface area contributed by atoms with E-state index < -0.39 is 0 Å². The summed E-state index contributed by atoms with van der Waals surface area (Å²) in [5, 5.41) is 6.76. The van der Waals surface area contributed by atoms with Gasteiger partial charge in [0.15, 0.2) is 10.0 Å². The van der Waals surface area contributed by atoms with Crippen molar-refractivity contribution in [1.82, 2.24) is 9.97 Å². The van der Waals surface area contributed by atoms with Gasteiger partial charge in [-0.1, -0.05) is 54.9 Å². The summed E-state index contributed by atoms with van der Waals surface area (Å²) < 4.78 is 0. The van der Waals surface area contributed by atoms with Gasteiger partial charge in [0.2, 0.25) is 0 Å². The number of benzene rings is 2. The maximum atomic E-state index is 6.08. The highest BCUT2D eigenvalue weighted by Gasteiger charge is 2.12. The molecule has 4 rings (SSSR count). The minimum atomic E-state index is 0.721. The lowest BCUT2D eigenvalue weighted by atomic mass is 10.1. The number of hydrogen-bond acceptors (Lipinski definition) is 4. The van der Waals surface area contributed by atoms with Crippen molar-refractivity contribution in [1.29, 1.82) is 0 Å². The highest BCUT2D eigenvalue weighted by atomic mass is 35.5. The summed E-state index contributed by atoms with van der Waals surface area (Å²) in [4.78, 5) is 9.51. The van der Waals surface area contributed by atoms with Gasteiger partial charge in [-0.25, -0.2) is 9.97 Å². The Morgan fingerprint density at radius 1 is 0.840 bits per heavy atom. The Balaban J connectivity index is 1.62. The fraction of sp³-hybridized carbons (Fsp3) is 0.100. The van der Waals surface area contributed by atoms with E-state index in [4.69, 9.17) is 21.6 Å². The molecule has 0 aliphatic rings. The van der Waals surface area contributed by atoms with Crippen molar-refractivity contribution in [2.24, 2.45) is 0 Å². The zero-order valence-electron chi connectivity index (χ0n) is 13.6. The fourth-order valence-electron chi connectivity index (χ4n) is 2.57. The molecule has 0 atom stereocenters. The third kappa shape index (κ3) is 3.52. The predicted octanol–water partition coefficient (Wildman–Crippen LogP) is 6.82. The van der Waals surface area contributed by atoms with E-state index in [-0.39, 0.29) is 0 Å². The monoisotopic (exact) mass is 382 g/mol. The first-order chi connectivity index (χ1) is 12.2. The lowest BCUT2D eigenvalue weighted by molar-refractivity contribution is 1.14. The molecule has 2 heterocycles. The maximum Gasteiger partial charge on any atom is 0.152 e. The molecule has 0 spiro atoms. The summed E-state index contributed by atoms with van der Waals surface area (Å²) in [6, 6.07) is 16.4. The van der Waals surface area contributed by atoms with Crippen LogP contribution in [0, 0.1) is 0 Å². The number of nitrogens with zero attached hydrogens (tertiary/aromatic N) is 2. The second-order valence-corrected chi connectivity index (χ2v) is 7.79. The molecule has 0 amide bonds. The van der Waals surface area contributed by atoms with Gasteiger partial charge in [-0.05, 0) is 24.1 Å². The van der Waals surface area contributed by atoms with Gasteiger partial charge < -0.3 is 0 Å². The van der Waals surface area contributed by atoms with Gasteiger partial charge in [0.25, 0.3) is 0 Å². The van der Waals surface area contributed by atoms with Crippen molar-refractivity contribution >= 4 is 34.3 Å². The molecular formula is C20H15ClN2S2. The standard InChI is InChI=1S/C20H15ClN2S2/c1-2-13-6-8-14(9-7-13)17-11-24-19(22-17)20-23-18(12-25-20)15-4-3-5-16(21)10-15/h3-12H,2H2,1H3. The highest BCUT2D eigenvalue weighted by Crippen LogP contribution is 2.33. The van der Waals surface area contributed by atoms with Crippen LogP contribution in [-0.2, 0) is 6.42 Å². The summed E-state index contributed by atoms with van der Waals surface area (Å²) in [6.45, 7) is 2.16. The molecule has 0 radical (unpaired) electrons. The molecule has 0 bridgehead atoms. The van der Waals surface area contributed by atoms with Gasteiger partial charge in [0, 0.05) is 26.9 Å². The van der Waals surface area contributed by atoms with Crippen molar-refractivity contribution in [2.45, 2.75) is 13.3 Å². The SMILES string of the molecule is CCc1ccc(-c2csc(-c3nc(-c4cccc(Cl)c4)cs3)n2)cc1. The predicted molar refractivity (Wildman–Crippen MR) is 108 cm³/mol. The van der Waals surface area contributed by atoms with Gasteiger partial charge in [-0.3, -0.25) is 0 Å². The number of aryl methyl sites for hydroxylation is 1. The fourth-order valence-corrected chi connectivity index (χ4v) is 4.47. The minimum absolute atomic E-state index is 0.721. The number of halogens is 1. The molecule has 25 heavy (non-hydrogen) atoms. The van der Waals surface area contributed by atoms with Gasteiger partial charge >= 0.3 is 0 Å². The Kier molecular flexibility index (Phi) is 4.66. The van der Waals surface area contributed by atoms with Crippen LogP contribution in [0.25, 0.3) is 32.5 Å². The van der Waals surface area contributed by atoms with Crippen molar-refractivity contribution in [2.75, 3.05) is 0 Å². The molecular weight excluding hydrogens is 368 g/mol. The molecule has 0 N–H and O–H groups in total. The molecule has 0 aliphatic heterocycles. The largest absolute Gasteiger partial charge is 0.233 e. The van der Waals surface area contributed by atoms with E-state index in [0.29, 0.717) is 0 Å². The first kappa shape index (κ1) is 16.5. The molecule has 0 saturated carbocycles. The van der Waals surface area contributed by atoms with Gasteiger partial charge in [0.05, 0.1) is 11.4 Å². The third-order valence-electron chi connectivity index (χ3n) is 3.97. The molecule has 0 unspecified atom stereocenters. The molecule has 0 fully saturated rings. The van der Waals surface area contributed by atoms with E-state index in [9.17, 15) is 0 Å². The van der Waals surface area contributed by atoms with Crippen LogP contribution in [0.3, 0.4) is 0 Å². The first-order valence-electron chi connectivity index (χ1n) is 7.99.